The maximum Gasteiger partial charge on any atom is 0.244 e. The maximum absolute atomic E-state index is 13.4. The Bertz CT molecular complexity index is 1160. The number of nitrogens with zero attached hydrogens (tertiary/aromatic N) is 1. The number of carbonyl (C=O) groups is 1. The lowest BCUT2D eigenvalue weighted by Gasteiger charge is -2.42. The van der Waals surface area contributed by atoms with Gasteiger partial charge >= 0.3 is 0 Å². The summed E-state index contributed by atoms with van der Waals surface area (Å²) in [6, 6.07) is 11.3. The molecule has 0 radical (unpaired) electrons. The molecule has 0 fully saturated rings. The number of hydrogen-bond donors (Lipinski definition) is 1. The zero-order valence-corrected chi connectivity index (χ0v) is 20.9. The van der Waals surface area contributed by atoms with E-state index in [0.29, 0.717) is 36.8 Å². The minimum atomic E-state index is -3.77. The van der Waals surface area contributed by atoms with E-state index in [1.165, 1.54) is 0 Å². The Balaban J connectivity index is 1.62. The molecule has 2 heterocycles. The van der Waals surface area contributed by atoms with E-state index < -0.39 is 16.1 Å². The summed E-state index contributed by atoms with van der Waals surface area (Å²) in [5.74, 6) is 1.37. The van der Waals surface area contributed by atoms with Crippen LogP contribution in [0.25, 0.3) is 0 Å². The van der Waals surface area contributed by atoms with Gasteiger partial charge < -0.3 is 19.5 Å². The predicted molar refractivity (Wildman–Crippen MR) is 130 cm³/mol. The van der Waals surface area contributed by atoms with Crippen LogP contribution in [0.5, 0.6) is 17.2 Å². The summed E-state index contributed by atoms with van der Waals surface area (Å²) in [5.41, 5.74) is 0.853. The number of rotatable bonds is 7. The van der Waals surface area contributed by atoms with Crippen LogP contribution < -0.4 is 23.8 Å². The third-order valence-corrected chi connectivity index (χ3v) is 7.91. The number of sulfonamides is 1. The lowest BCUT2D eigenvalue weighted by Crippen LogP contribution is -2.51. The number of amides is 1. The van der Waals surface area contributed by atoms with Gasteiger partial charge in [0.2, 0.25) is 15.9 Å². The number of fused-ring (bicyclic) bond motifs is 2. The summed E-state index contributed by atoms with van der Waals surface area (Å²) in [7, 11) is -3.77. The van der Waals surface area contributed by atoms with Crippen molar-refractivity contribution in [1.29, 1.82) is 0 Å². The fourth-order valence-corrected chi connectivity index (χ4v) is 5.87. The average Bonchev–Trinajstić information content (AvgIpc) is 2.83. The van der Waals surface area contributed by atoms with Crippen LogP contribution >= 0.6 is 0 Å². The monoisotopic (exact) mass is 488 g/mol. The molecule has 0 spiro atoms. The van der Waals surface area contributed by atoms with E-state index >= 15 is 0 Å². The number of ether oxygens (including phenoxy) is 3. The molecule has 2 aromatic rings. The Morgan fingerprint density at radius 2 is 1.76 bits per heavy atom. The summed E-state index contributed by atoms with van der Waals surface area (Å²) >= 11 is 0. The Kier molecular flexibility index (Phi) is 6.66. The molecule has 184 valence electrons. The molecule has 1 amide bonds. The van der Waals surface area contributed by atoms with Crippen molar-refractivity contribution in [2.75, 3.05) is 23.8 Å². The van der Waals surface area contributed by atoms with Gasteiger partial charge in [-0.05, 0) is 38.0 Å². The van der Waals surface area contributed by atoms with Crippen molar-refractivity contribution in [3.63, 3.8) is 0 Å². The van der Waals surface area contributed by atoms with E-state index in [1.54, 1.807) is 25.1 Å². The van der Waals surface area contributed by atoms with Crippen LogP contribution in [-0.4, -0.2) is 45.4 Å². The molecule has 9 heteroatoms. The molecule has 0 aliphatic carbocycles. The first-order valence-corrected chi connectivity index (χ1v) is 13.5. The molecule has 34 heavy (non-hydrogen) atoms. The molecule has 8 nitrogen and oxygen atoms in total. The third-order valence-electron chi connectivity index (χ3n) is 6.67. The first-order valence-electron chi connectivity index (χ1n) is 11.6. The highest BCUT2D eigenvalue weighted by Crippen LogP contribution is 2.43. The summed E-state index contributed by atoms with van der Waals surface area (Å²) in [5, 5.41) is 3.10. The third kappa shape index (κ3) is 4.66. The van der Waals surface area contributed by atoms with Crippen LogP contribution in [0.2, 0.25) is 0 Å². The normalized spacial score (nSPS) is 19.4. The van der Waals surface area contributed by atoms with Crippen LogP contribution in [0, 0.1) is 0 Å². The highest BCUT2D eigenvalue weighted by Gasteiger charge is 2.40. The smallest absolute Gasteiger partial charge is 0.244 e. The van der Waals surface area contributed by atoms with Crippen molar-refractivity contribution in [2.45, 2.75) is 57.7 Å². The highest BCUT2D eigenvalue weighted by atomic mass is 32.2. The molecular formula is C25H32N2O6S. The summed E-state index contributed by atoms with van der Waals surface area (Å²) in [4.78, 5) is 13.4. The minimum absolute atomic E-state index is 0.290. The fraction of sp³-hybridized carbons (Fsp3) is 0.480. The molecule has 2 aliphatic rings. The molecular weight excluding hydrogens is 456 g/mol. The van der Waals surface area contributed by atoms with Gasteiger partial charge in [-0.25, -0.2) is 8.42 Å². The van der Waals surface area contributed by atoms with Crippen molar-refractivity contribution in [3.05, 3.63) is 48.0 Å². The van der Waals surface area contributed by atoms with Crippen molar-refractivity contribution in [1.82, 2.24) is 5.32 Å². The van der Waals surface area contributed by atoms with E-state index in [9.17, 15) is 13.2 Å². The number of nitrogens with one attached hydrogen (secondary N) is 1. The molecule has 2 atom stereocenters. The largest absolute Gasteiger partial charge is 0.487 e. The van der Waals surface area contributed by atoms with E-state index in [2.05, 4.69) is 19.2 Å². The van der Waals surface area contributed by atoms with E-state index in [4.69, 9.17) is 14.2 Å². The molecule has 0 aromatic heterocycles. The van der Waals surface area contributed by atoms with Crippen LogP contribution in [0.1, 0.15) is 51.6 Å². The number of benzene rings is 2. The molecule has 0 bridgehead atoms. The van der Waals surface area contributed by atoms with Crippen LogP contribution in [0.15, 0.2) is 42.5 Å². The summed E-state index contributed by atoms with van der Waals surface area (Å²) in [6.07, 6.45) is 3.30. The van der Waals surface area contributed by atoms with E-state index in [-0.39, 0.29) is 17.6 Å². The van der Waals surface area contributed by atoms with Gasteiger partial charge in [0.05, 0.1) is 18.0 Å². The summed E-state index contributed by atoms with van der Waals surface area (Å²) < 4.78 is 44.2. The van der Waals surface area contributed by atoms with Gasteiger partial charge in [-0.3, -0.25) is 9.10 Å². The van der Waals surface area contributed by atoms with Gasteiger partial charge in [0.1, 0.15) is 30.6 Å². The van der Waals surface area contributed by atoms with E-state index in [0.717, 1.165) is 34.7 Å². The first-order chi connectivity index (χ1) is 16.2. The molecule has 0 saturated carbocycles. The fourth-order valence-electron chi connectivity index (χ4n) is 4.70. The van der Waals surface area contributed by atoms with Crippen LogP contribution in [-0.2, 0) is 14.8 Å². The van der Waals surface area contributed by atoms with Gasteiger partial charge in [0, 0.05) is 18.1 Å². The lowest BCUT2D eigenvalue weighted by molar-refractivity contribution is -0.123. The highest BCUT2D eigenvalue weighted by molar-refractivity contribution is 7.92. The summed E-state index contributed by atoms with van der Waals surface area (Å²) in [6.45, 7) is 6.55. The second kappa shape index (κ2) is 9.37. The first kappa shape index (κ1) is 24.2. The second-order valence-electron chi connectivity index (χ2n) is 8.86. The van der Waals surface area contributed by atoms with Crippen molar-refractivity contribution >= 4 is 21.6 Å². The number of para-hydroxylation sites is 1. The molecule has 1 N–H and O–H groups in total. The predicted octanol–water partition coefficient (Wildman–Crippen LogP) is 3.81. The van der Waals surface area contributed by atoms with Gasteiger partial charge in [-0.15, -0.1) is 0 Å². The van der Waals surface area contributed by atoms with Gasteiger partial charge in [-0.1, -0.05) is 32.0 Å². The van der Waals surface area contributed by atoms with Gasteiger partial charge in [0.15, 0.2) is 11.5 Å². The van der Waals surface area contributed by atoms with Crippen molar-refractivity contribution in [2.24, 2.45) is 0 Å². The maximum atomic E-state index is 13.4. The number of anilines is 1. The zero-order chi connectivity index (χ0) is 24.5. The Hall–Kier alpha value is -2.94. The standard InChI is InChI=1S/C25H32N2O6S/c1-5-25(6-2)16-20(19-9-7-8-10-21(19)33-25)26-24(28)17(3)27(34(4,29)30)18-11-12-22-23(15-18)32-14-13-31-22/h7-12,15,17,20H,5-6,13-14,16H2,1-4H3,(H,26,28). The SMILES string of the molecule is CCC1(CC)CC(NC(=O)C(C)N(c2ccc3c(c2)OCCO3)S(C)(=O)=O)c2ccccc2O1. The van der Waals surface area contributed by atoms with Crippen molar-refractivity contribution in [3.8, 4) is 17.2 Å². The average molecular weight is 489 g/mol. The number of carbonyl (C=O) groups excluding carboxylic acids is 1. The lowest BCUT2D eigenvalue weighted by atomic mass is 9.83. The molecule has 4 rings (SSSR count). The van der Waals surface area contributed by atoms with Gasteiger partial charge in [0.25, 0.3) is 0 Å². The topological polar surface area (TPSA) is 94.2 Å². The van der Waals surface area contributed by atoms with Crippen LogP contribution in [0.3, 0.4) is 0 Å². The zero-order valence-electron chi connectivity index (χ0n) is 20.0. The molecule has 2 unspecified atom stereocenters. The van der Waals surface area contributed by atoms with E-state index in [1.807, 2.05) is 24.3 Å². The van der Waals surface area contributed by atoms with Crippen molar-refractivity contribution < 1.29 is 27.4 Å². The quantitative estimate of drug-likeness (QED) is 0.637. The second-order valence-corrected chi connectivity index (χ2v) is 10.7. The Morgan fingerprint density at radius 3 is 2.44 bits per heavy atom. The molecule has 0 saturated heterocycles. The molecule has 2 aliphatic heterocycles. The van der Waals surface area contributed by atoms with Gasteiger partial charge in [-0.2, -0.15) is 0 Å². The Morgan fingerprint density at radius 1 is 1.09 bits per heavy atom. The number of hydrogen-bond acceptors (Lipinski definition) is 6. The van der Waals surface area contributed by atoms with Crippen LogP contribution in [0.4, 0.5) is 5.69 Å². The minimum Gasteiger partial charge on any atom is -0.487 e. The Labute approximate surface area is 201 Å². The molecule has 2 aromatic carbocycles.